The summed E-state index contributed by atoms with van der Waals surface area (Å²) in [5, 5.41) is 14.9. The molecular formula is C19H22N6O2S2. The smallest absolute Gasteiger partial charge is 0.236 e. The first-order chi connectivity index (χ1) is 14.1. The number of carbonyl (C=O) groups is 1. The predicted octanol–water partition coefficient (Wildman–Crippen LogP) is 2.91. The lowest BCUT2D eigenvalue weighted by atomic mass is 10.2. The summed E-state index contributed by atoms with van der Waals surface area (Å²) in [6.45, 7) is 6.82. The molecule has 0 bridgehead atoms. The second kappa shape index (κ2) is 8.93. The molecule has 1 amide bonds. The van der Waals surface area contributed by atoms with Gasteiger partial charge in [-0.15, -0.1) is 21.5 Å². The Kier molecular flexibility index (Phi) is 6.12. The number of aryl methyl sites for hydroxylation is 2. The first-order valence-electron chi connectivity index (χ1n) is 9.30. The number of anilines is 2. The highest BCUT2D eigenvalue weighted by Gasteiger charge is 2.23. The molecule has 8 nitrogen and oxygen atoms in total. The number of ether oxygens (including phenoxy) is 1. The van der Waals surface area contributed by atoms with E-state index in [0.717, 1.165) is 36.0 Å². The Morgan fingerprint density at radius 3 is 2.76 bits per heavy atom. The molecule has 2 aromatic heterocycles. The highest BCUT2D eigenvalue weighted by Crippen LogP contribution is 2.29. The molecule has 10 heteroatoms. The molecule has 1 saturated heterocycles. The number of nitrogens with zero attached hydrogens (tertiary/aromatic N) is 5. The molecule has 1 aliphatic heterocycles. The zero-order valence-electron chi connectivity index (χ0n) is 16.3. The van der Waals surface area contributed by atoms with Crippen molar-refractivity contribution < 1.29 is 9.53 Å². The van der Waals surface area contributed by atoms with Crippen LogP contribution in [-0.2, 0) is 9.53 Å². The number of para-hydroxylation sites is 1. The number of aromatic nitrogens is 4. The molecular weight excluding hydrogens is 408 g/mol. The third-order valence-corrected chi connectivity index (χ3v) is 6.27. The van der Waals surface area contributed by atoms with E-state index in [0.29, 0.717) is 23.5 Å². The average molecular weight is 431 g/mol. The molecule has 0 aliphatic carbocycles. The van der Waals surface area contributed by atoms with Crippen LogP contribution < -0.4 is 10.2 Å². The highest BCUT2D eigenvalue weighted by molar-refractivity contribution is 7.99. The molecule has 4 rings (SSSR count). The van der Waals surface area contributed by atoms with Crippen LogP contribution in [0.2, 0.25) is 0 Å². The highest BCUT2D eigenvalue weighted by atomic mass is 32.2. The van der Waals surface area contributed by atoms with E-state index in [9.17, 15) is 4.79 Å². The molecule has 3 heterocycles. The van der Waals surface area contributed by atoms with Gasteiger partial charge in [-0.3, -0.25) is 9.36 Å². The van der Waals surface area contributed by atoms with Crippen molar-refractivity contribution in [2.24, 2.45) is 0 Å². The Morgan fingerprint density at radius 1 is 1.24 bits per heavy atom. The van der Waals surface area contributed by atoms with Gasteiger partial charge in [0.2, 0.25) is 11.9 Å². The van der Waals surface area contributed by atoms with E-state index >= 15 is 0 Å². The standard InChI is InChI=1S/C19H22N6O2S2/c1-13-5-3-4-6-15(13)25-18(24-7-9-27-10-8-24)22-23-19(25)29-12-16(26)21-17-20-14(2)11-28-17/h3-6,11H,7-10,12H2,1-2H3,(H,20,21,26). The second-order valence-corrected chi connectivity index (χ2v) is 8.44. The van der Waals surface area contributed by atoms with Gasteiger partial charge >= 0.3 is 0 Å². The minimum Gasteiger partial charge on any atom is -0.378 e. The summed E-state index contributed by atoms with van der Waals surface area (Å²) < 4.78 is 7.51. The molecule has 0 spiro atoms. The van der Waals surface area contributed by atoms with Crippen LogP contribution in [0.4, 0.5) is 11.1 Å². The second-order valence-electron chi connectivity index (χ2n) is 6.63. The molecule has 1 aromatic carbocycles. The first-order valence-corrected chi connectivity index (χ1v) is 11.2. The lowest BCUT2D eigenvalue weighted by Crippen LogP contribution is -2.38. The van der Waals surface area contributed by atoms with Crippen LogP contribution in [0.5, 0.6) is 0 Å². The van der Waals surface area contributed by atoms with Crippen molar-refractivity contribution >= 4 is 40.1 Å². The van der Waals surface area contributed by atoms with Crippen LogP contribution in [0.3, 0.4) is 0 Å². The monoisotopic (exact) mass is 430 g/mol. The van der Waals surface area contributed by atoms with Gasteiger partial charge in [-0.25, -0.2) is 4.98 Å². The van der Waals surface area contributed by atoms with Crippen molar-refractivity contribution in [2.75, 3.05) is 42.3 Å². The Morgan fingerprint density at radius 2 is 2.03 bits per heavy atom. The number of benzene rings is 1. The number of nitrogens with one attached hydrogen (secondary N) is 1. The summed E-state index contributed by atoms with van der Waals surface area (Å²) in [4.78, 5) is 18.8. The quantitative estimate of drug-likeness (QED) is 0.602. The minimum absolute atomic E-state index is 0.114. The van der Waals surface area contributed by atoms with Crippen molar-refractivity contribution in [3.8, 4) is 5.69 Å². The van der Waals surface area contributed by atoms with Crippen LogP contribution in [0.25, 0.3) is 5.69 Å². The van der Waals surface area contributed by atoms with E-state index in [1.807, 2.05) is 35.1 Å². The SMILES string of the molecule is Cc1csc(NC(=O)CSc2nnc(N3CCOCC3)n2-c2ccccc2C)n1. The number of thiazole rings is 1. The van der Waals surface area contributed by atoms with E-state index in [2.05, 4.69) is 38.4 Å². The number of thioether (sulfide) groups is 1. The molecule has 152 valence electrons. The maximum atomic E-state index is 12.4. The Labute approximate surface area is 177 Å². The Bertz CT molecular complexity index is 996. The number of hydrogen-bond acceptors (Lipinski definition) is 8. The van der Waals surface area contributed by atoms with Crippen LogP contribution in [0, 0.1) is 13.8 Å². The van der Waals surface area contributed by atoms with Gasteiger partial charge in [-0.2, -0.15) is 0 Å². The molecule has 1 N–H and O–H groups in total. The first kappa shape index (κ1) is 19.9. The molecule has 0 saturated carbocycles. The van der Waals surface area contributed by atoms with Gasteiger partial charge in [0.05, 0.1) is 30.3 Å². The van der Waals surface area contributed by atoms with Gasteiger partial charge < -0.3 is 15.0 Å². The summed E-state index contributed by atoms with van der Waals surface area (Å²) in [5.74, 6) is 0.892. The van der Waals surface area contributed by atoms with Crippen molar-refractivity contribution in [3.05, 3.63) is 40.9 Å². The largest absolute Gasteiger partial charge is 0.378 e. The zero-order valence-corrected chi connectivity index (χ0v) is 17.9. The van der Waals surface area contributed by atoms with Crippen molar-refractivity contribution in [2.45, 2.75) is 19.0 Å². The summed E-state index contributed by atoms with van der Waals surface area (Å²) >= 11 is 2.79. The lowest BCUT2D eigenvalue weighted by molar-refractivity contribution is -0.113. The van der Waals surface area contributed by atoms with Crippen molar-refractivity contribution in [1.82, 2.24) is 19.7 Å². The molecule has 1 fully saturated rings. The summed E-state index contributed by atoms with van der Waals surface area (Å²) in [6.07, 6.45) is 0. The van der Waals surface area contributed by atoms with Gasteiger partial charge in [0.25, 0.3) is 0 Å². The fourth-order valence-electron chi connectivity index (χ4n) is 3.05. The minimum atomic E-state index is -0.114. The van der Waals surface area contributed by atoms with Crippen LogP contribution in [-0.4, -0.2) is 57.7 Å². The van der Waals surface area contributed by atoms with Gasteiger partial charge in [0.15, 0.2) is 10.3 Å². The molecule has 0 atom stereocenters. The summed E-state index contributed by atoms with van der Waals surface area (Å²) in [7, 11) is 0. The van der Waals surface area contributed by atoms with Gasteiger partial charge in [-0.05, 0) is 25.5 Å². The number of rotatable bonds is 6. The topological polar surface area (TPSA) is 85.2 Å². The van der Waals surface area contributed by atoms with E-state index < -0.39 is 0 Å². The molecule has 3 aromatic rings. The van der Waals surface area contributed by atoms with Crippen molar-refractivity contribution in [3.63, 3.8) is 0 Å². The molecule has 29 heavy (non-hydrogen) atoms. The summed E-state index contributed by atoms with van der Waals surface area (Å²) in [6, 6.07) is 8.11. The molecule has 0 unspecified atom stereocenters. The zero-order chi connectivity index (χ0) is 20.2. The third kappa shape index (κ3) is 4.60. The Hall–Kier alpha value is -2.43. The lowest BCUT2D eigenvalue weighted by Gasteiger charge is -2.28. The fourth-order valence-corrected chi connectivity index (χ4v) is 4.49. The normalized spacial score (nSPS) is 14.2. The van der Waals surface area contributed by atoms with E-state index in [1.165, 1.54) is 23.1 Å². The van der Waals surface area contributed by atoms with E-state index in [1.54, 1.807) is 0 Å². The Balaban J connectivity index is 1.56. The maximum Gasteiger partial charge on any atom is 0.236 e. The van der Waals surface area contributed by atoms with Crippen molar-refractivity contribution in [1.29, 1.82) is 0 Å². The predicted molar refractivity (Wildman–Crippen MR) is 115 cm³/mol. The number of morpholine rings is 1. The van der Waals surface area contributed by atoms with Gasteiger partial charge in [0, 0.05) is 18.5 Å². The van der Waals surface area contributed by atoms with Gasteiger partial charge in [-0.1, -0.05) is 30.0 Å². The van der Waals surface area contributed by atoms with Crippen LogP contribution in [0.1, 0.15) is 11.3 Å². The molecule has 0 radical (unpaired) electrons. The van der Waals surface area contributed by atoms with E-state index in [4.69, 9.17) is 4.74 Å². The fraction of sp³-hybridized carbons (Fsp3) is 0.368. The number of amides is 1. The summed E-state index contributed by atoms with van der Waals surface area (Å²) in [5.41, 5.74) is 3.02. The van der Waals surface area contributed by atoms with Crippen LogP contribution in [0.15, 0.2) is 34.8 Å². The van der Waals surface area contributed by atoms with Gasteiger partial charge in [0.1, 0.15) is 0 Å². The molecule has 1 aliphatic rings. The maximum absolute atomic E-state index is 12.4. The third-order valence-electron chi connectivity index (χ3n) is 4.46. The van der Waals surface area contributed by atoms with E-state index in [-0.39, 0.29) is 11.7 Å². The number of carbonyl (C=O) groups excluding carboxylic acids is 1. The number of hydrogen-bond donors (Lipinski definition) is 1. The average Bonchev–Trinajstić information content (AvgIpc) is 3.33. The van der Waals surface area contributed by atoms with Crippen LogP contribution >= 0.6 is 23.1 Å².